The van der Waals surface area contributed by atoms with Crippen LogP contribution in [0.4, 0.5) is 9.18 Å². The molecule has 1 unspecified atom stereocenters. The number of likely N-dealkylation sites (N-methyl/N-ethyl adjacent to an activating group) is 1. The van der Waals surface area contributed by atoms with E-state index in [1.807, 2.05) is 20.8 Å². The molecule has 1 aromatic rings. The molecule has 0 bridgehead atoms. The first-order chi connectivity index (χ1) is 11.7. The third-order valence-electron chi connectivity index (χ3n) is 4.10. The van der Waals surface area contributed by atoms with Crippen molar-refractivity contribution >= 4 is 12.0 Å². The Morgan fingerprint density at radius 2 is 2.04 bits per heavy atom. The molecule has 1 saturated heterocycles. The van der Waals surface area contributed by atoms with Crippen molar-refractivity contribution in [2.75, 3.05) is 13.6 Å². The number of carbonyl (C=O) groups excluding carboxylic acids is 2. The molecule has 138 valence electrons. The molecule has 2 rings (SSSR count). The molecule has 0 N–H and O–H groups in total. The fourth-order valence-electron chi connectivity index (χ4n) is 2.97. The molecule has 1 aliphatic rings. The molecule has 0 saturated carbocycles. The topological polar surface area (TPSA) is 49.9 Å². The van der Waals surface area contributed by atoms with Crippen LogP contribution in [0.3, 0.4) is 0 Å². The zero-order valence-corrected chi connectivity index (χ0v) is 15.4. The number of hydrogen-bond donors (Lipinski definition) is 0. The second-order valence-corrected chi connectivity index (χ2v) is 7.51. The maximum absolute atomic E-state index is 13.3. The molecule has 0 aromatic heterocycles. The average Bonchev–Trinajstić information content (AvgIpc) is 2.52. The number of carbonyl (C=O) groups is 2. The minimum Gasteiger partial charge on any atom is -0.444 e. The van der Waals surface area contributed by atoms with Gasteiger partial charge in [-0.1, -0.05) is 12.1 Å². The first-order valence-corrected chi connectivity index (χ1v) is 8.66. The van der Waals surface area contributed by atoms with Gasteiger partial charge in [-0.05, 0) is 57.7 Å². The number of amides is 2. The van der Waals surface area contributed by atoms with E-state index in [0.717, 1.165) is 18.4 Å². The Kier molecular flexibility index (Phi) is 6.03. The van der Waals surface area contributed by atoms with Crippen LogP contribution >= 0.6 is 0 Å². The Bertz CT molecular complexity index is 627. The van der Waals surface area contributed by atoms with E-state index in [-0.39, 0.29) is 11.7 Å². The summed E-state index contributed by atoms with van der Waals surface area (Å²) < 4.78 is 18.8. The molecule has 6 heteroatoms. The van der Waals surface area contributed by atoms with Crippen LogP contribution in [0.25, 0.3) is 0 Å². The molecule has 1 fully saturated rings. The molecule has 0 radical (unpaired) electrons. The summed E-state index contributed by atoms with van der Waals surface area (Å²) in [6.07, 6.45) is 1.91. The van der Waals surface area contributed by atoms with E-state index in [4.69, 9.17) is 4.74 Å². The summed E-state index contributed by atoms with van der Waals surface area (Å²) in [6.45, 7) is 6.24. The largest absolute Gasteiger partial charge is 0.444 e. The van der Waals surface area contributed by atoms with E-state index in [1.165, 1.54) is 17.0 Å². The van der Waals surface area contributed by atoms with Gasteiger partial charge in [0.25, 0.3) is 0 Å². The van der Waals surface area contributed by atoms with Crippen LogP contribution < -0.4 is 0 Å². The third-order valence-corrected chi connectivity index (χ3v) is 4.10. The van der Waals surface area contributed by atoms with Gasteiger partial charge in [0.2, 0.25) is 5.91 Å². The van der Waals surface area contributed by atoms with Crippen molar-refractivity contribution in [1.82, 2.24) is 9.80 Å². The highest BCUT2D eigenvalue weighted by molar-refractivity contribution is 5.85. The monoisotopic (exact) mass is 350 g/mol. The number of likely N-dealkylation sites (tertiary alicyclic amines) is 1. The number of hydrogen-bond acceptors (Lipinski definition) is 3. The molecule has 0 spiro atoms. The summed E-state index contributed by atoms with van der Waals surface area (Å²) >= 11 is 0. The van der Waals surface area contributed by atoms with Crippen molar-refractivity contribution in [3.05, 3.63) is 35.6 Å². The maximum atomic E-state index is 13.3. The highest BCUT2D eigenvalue weighted by atomic mass is 19.1. The zero-order chi connectivity index (χ0) is 18.6. The summed E-state index contributed by atoms with van der Waals surface area (Å²) in [5.74, 6) is -0.471. The predicted octanol–water partition coefficient (Wildman–Crippen LogP) is 3.57. The summed E-state index contributed by atoms with van der Waals surface area (Å²) in [5, 5.41) is 0. The van der Waals surface area contributed by atoms with E-state index in [9.17, 15) is 14.0 Å². The van der Waals surface area contributed by atoms with E-state index >= 15 is 0 Å². The van der Waals surface area contributed by atoms with Gasteiger partial charge < -0.3 is 9.64 Å². The third kappa shape index (κ3) is 5.44. The van der Waals surface area contributed by atoms with E-state index < -0.39 is 17.7 Å². The lowest BCUT2D eigenvalue weighted by molar-refractivity contribution is -0.137. The number of halogens is 1. The second-order valence-electron chi connectivity index (χ2n) is 7.51. The summed E-state index contributed by atoms with van der Waals surface area (Å²) in [6, 6.07) is 5.66. The summed E-state index contributed by atoms with van der Waals surface area (Å²) in [4.78, 5) is 28.4. The van der Waals surface area contributed by atoms with Crippen molar-refractivity contribution in [2.45, 2.75) is 58.2 Å². The molecule has 2 amide bonds. The molecule has 5 nitrogen and oxygen atoms in total. The Balaban J connectivity index is 2.07. The zero-order valence-electron chi connectivity index (χ0n) is 15.4. The van der Waals surface area contributed by atoms with Crippen LogP contribution in [0.1, 0.15) is 45.6 Å². The van der Waals surface area contributed by atoms with Gasteiger partial charge in [-0.25, -0.2) is 9.18 Å². The van der Waals surface area contributed by atoms with Gasteiger partial charge >= 0.3 is 6.09 Å². The average molecular weight is 350 g/mol. The Labute approximate surface area is 148 Å². The molecule has 1 atom stereocenters. The van der Waals surface area contributed by atoms with Crippen LogP contribution in [-0.2, 0) is 16.1 Å². The van der Waals surface area contributed by atoms with Gasteiger partial charge in [-0.2, -0.15) is 0 Å². The minimum atomic E-state index is -0.602. The highest BCUT2D eigenvalue weighted by Crippen LogP contribution is 2.22. The van der Waals surface area contributed by atoms with Crippen LogP contribution in [0.5, 0.6) is 0 Å². The van der Waals surface area contributed by atoms with Crippen molar-refractivity contribution in [3.63, 3.8) is 0 Å². The molecule has 1 aliphatic heterocycles. The van der Waals surface area contributed by atoms with Crippen LogP contribution in [0.2, 0.25) is 0 Å². The van der Waals surface area contributed by atoms with E-state index in [2.05, 4.69) is 0 Å². The lowest BCUT2D eigenvalue weighted by Gasteiger charge is -2.37. The molecule has 1 aromatic carbocycles. The number of ether oxygens (including phenoxy) is 1. The van der Waals surface area contributed by atoms with E-state index in [0.29, 0.717) is 19.5 Å². The lowest BCUT2D eigenvalue weighted by Crippen LogP contribution is -2.53. The SMILES string of the molecule is CN(Cc1cccc(F)c1)C(=O)C1CCCCN1C(=O)OC(C)(C)C. The minimum absolute atomic E-state index is 0.144. The van der Waals surface area contributed by atoms with E-state index in [1.54, 1.807) is 24.1 Å². The number of rotatable bonds is 3. The molecule has 25 heavy (non-hydrogen) atoms. The van der Waals surface area contributed by atoms with Gasteiger partial charge in [-0.15, -0.1) is 0 Å². The highest BCUT2D eigenvalue weighted by Gasteiger charge is 2.36. The standard InChI is InChI=1S/C19H27FN2O3/c1-19(2,3)25-18(24)22-11-6-5-10-16(22)17(23)21(4)13-14-8-7-9-15(20)12-14/h7-9,12,16H,5-6,10-11,13H2,1-4H3. The maximum Gasteiger partial charge on any atom is 0.410 e. The molecular weight excluding hydrogens is 323 g/mol. The van der Waals surface area contributed by atoms with Gasteiger partial charge in [0.15, 0.2) is 0 Å². The normalized spacial score (nSPS) is 18.0. The summed E-state index contributed by atoms with van der Waals surface area (Å²) in [5.41, 5.74) is 0.116. The fraction of sp³-hybridized carbons (Fsp3) is 0.579. The first kappa shape index (κ1) is 19.2. The fourth-order valence-corrected chi connectivity index (χ4v) is 2.97. The van der Waals surface area contributed by atoms with Crippen molar-refractivity contribution < 1.29 is 18.7 Å². The van der Waals surface area contributed by atoms with Crippen LogP contribution in [0.15, 0.2) is 24.3 Å². The number of nitrogens with zero attached hydrogens (tertiary/aromatic N) is 2. The predicted molar refractivity (Wildman–Crippen MR) is 93.5 cm³/mol. The van der Waals surface area contributed by atoms with Crippen molar-refractivity contribution in [3.8, 4) is 0 Å². The second kappa shape index (κ2) is 7.85. The number of benzene rings is 1. The van der Waals surface area contributed by atoms with Gasteiger partial charge in [0, 0.05) is 20.1 Å². The Morgan fingerprint density at radius 1 is 1.32 bits per heavy atom. The quantitative estimate of drug-likeness (QED) is 0.837. The number of piperidine rings is 1. The Hall–Kier alpha value is -2.11. The van der Waals surface area contributed by atoms with Crippen molar-refractivity contribution in [1.29, 1.82) is 0 Å². The van der Waals surface area contributed by atoms with Crippen LogP contribution in [0, 0.1) is 5.82 Å². The van der Waals surface area contributed by atoms with Gasteiger partial charge in [0.05, 0.1) is 0 Å². The molecule has 0 aliphatic carbocycles. The molecular formula is C19H27FN2O3. The smallest absolute Gasteiger partial charge is 0.410 e. The van der Waals surface area contributed by atoms with Crippen molar-refractivity contribution in [2.24, 2.45) is 0 Å². The lowest BCUT2D eigenvalue weighted by atomic mass is 10.0. The van der Waals surface area contributed by atoms with Gasteiger partial charge in [-0.3, -0.25) is 9.69 Å². The Morgan fingerprint density at radius 3 is 2.68 bits per heavy atom. The first-order valence-electron chi connectivity index (χ1n) is 8.66. The van der Waals surface area contributed by atoms with Gasteiger partial charge in [0.1, 0.15) is 17.5 Å². The van der Waals surface area contributed by atoms with Crippen LogP contribution in [-0.4, -0.2) is 47.0 Å². The summed E-state index contributed by atoms with van der Waals surface area (Å²) in [7, 11) is 1.68. The molecule has 1 heterocycles.